The number of fused-ring (bicyclic) bond motifs is 10. The van der Waals surface area contributed by atoms with E-state index in [2.05, 4.69) is 0 Å². The average Bonchev–Trinajstić information content (AvgIpc) is 3.87. The van der Waals surface area contributed by atoms with Gasteiger partial charge in [-0.25, -0.2) is 15.0 Å². The first-order chi connectivity index (χ1) is 27.6. The third kappa shape index (κ3) is 3.73. The molecule has 0 radical (unpaired) electrons. The van der Waals surface area contributed by atoms with E-state index in [0.29, 0.717) is 49.6 Å². The van der Waals surface area contributed by atoms with E-state index in [9.17, 15) is 0 Å². The lowest BCUT2D eigenvalue weighted by Gasteiger charge is -2.19. The van der Waals surface area contributed by atoms with Crippen LogP contribution in [0.4, 0.5) is 0 Å². The Morgan fingerprint density at radius 3 is 2.02 bits per heavy atom. The molecular weight excluding hydrogens is 595 g/mol. The van der Waals surface area contributed by atoms with Gasteiger partial charge >= 0.3 is 0 Å². The van der Waals surface area contributed by atoms with Crippen LogP contribution < -0.4 is 10.4 Å². The Morgan fingerprint density at radius 1 is 0.574 bits per heavy atom. The molecule has 0 atom stereocenters. The van der Waals surface area contributed by atoms with Gasteiger partial charge in [0.25, 0.3) is 0 Å². The quantitative estimate of drug-likeness (QED) is 0.182. The SMILES string of the molecule is [2H]c1c([2H])c([2H])c(-c2nc(-c3cccc4oc5ccccc5c34)nc(-c3cc4c(c5oc6ccccc6c35)-c3ccccc3[Si]4(C([2H])([2H])[2H])C([2H])([2H])[2H])n2)c([2H])c1[2H]. The molecule has 0 fully saturated rings. The molecule has 222 valence electrons. The topological polar surface area (TPSA) is 65.0 Å². The van der Waals surface area contributed by atoms with Crippen LogP contribution in [0.1, 0.15) is 15.1 Å². The number of para-hydroxylation sites is 2. The van der Waals surface area contributed by atoms with E-state index < -0.39 is 51.2 Å². The predicted octanol–water partition coefficient (Wildman–Crippen LogP) is 9.47. The fourth-order valence-corrected chi connectivity index (χ4v) is 9.10. The lowest BCUT2D eigenvalue weighted by atomic mass is 9.98. The van der Waals surface area contributed by atoms with Crippen molar-refractivity contribution in [2.45, 2.75) is 13.0 Å². The molecule has 4 heterocycles. The smallest absolute Gasteiger partial charge is 0.164 e. The first kappa shape index (κ1) is 17.7. The summed E-state index contributed by atoms with van der Waals surface area (Å²) in [5, 5.41) is 2.83. The molecule has 1 aliphatic heterocycles. The maximum absolute atomic E-state index is 8.97. The minimum Gasteiger partial charge on any atom is -0.456 e. The van der Waals surface area contributed by atoms with Crippen LogP contribution in [0.15, 0.2) is 136 Å². The highest BCUT2D eigenvalue weighted by atomic mass is 28.3. The Balaban J connectivity index is 1.39. The van der Waals surface area contributed by atoms with Crippen LogP contribution in [-0.2, 0) is 0 Å². The summed E-state index contributed by atoms with van der Waals surface area (Å²) in [5.41, 5.74) is 3.07. The van der Waals surface area contributed by atoms with E-state index in [4.69, 9.17) is 38.9 Å². The van der Waals surface area contributed by atoms with Gasteiger partial charge in [0.15, 0.2) is 17.5 Å². The molecule has 1 aliphatic rings. The minimum absolute atomic E-state index is 0.0591. The largest absolute Gasteiger partial charge is 0.456 e. The zero-order valence-corrected chi connectivity index (χ0v) is 25.4. The predicted molar refractivity (Wildman–Crippen MR) is 193 cm³/mol. The summed E-state index contributed by atoms with van der Waals surface area (Å²) < 4.78 is 110. The maximum Gasteiger partial charge on any atom is 0.164 e. The van der Waals surface area contributed by atoms with Gasteiger partial charge in [-0.2, -0.15) is 0 Å². The van der Waals surface area contributed by atoms with E-state index in [1.807, 2.05) is 36.4 Å². The number of hydrogen-bond donors (Lipinski definition) is 0. The second-order valence-electron chi connectivity index (χ2n) is 11.5. The van der Waals surface area contributed by atoms with E-state index >= 15 is 0 Å². The van der Waals surface area contributed by atoms with Gasteiger partial charge in [-0.05, 0) is 40.2 Å². The standard InChI is InChI=1S/C41H27N3O2Si/c1-47(2)33-22-11-8-17-27(33)37-34(47)23-29(36-26-16-7-10-20-31(26)46-38(36)37)41-43-39(24-13-4-3-5-14-24)42-40(44-41)28-18-12-21-32-35(28)25-15-6-9-19-30(25)45-32/h3-23H,1-2H3/i1D3,2D3,3D,4D,5D,13D,14D. The highest BCUT2D eigenvalue weighted by Crippen LogP contribution is 2.44. The molecule has 6 aromatic carbocycles. The Kier molecular flexibility index (Phi) is 3.61. The molecule has 0 amide bonds. The lowest BCUT2D eigenvalue weighted by Crippen LogP contribution is -2.49. The molecule has 0 unspecified atom stereocenters. The van der Waals surface area contributed by atoms with Gasteiger partial charge in [0.05, 0.1) is 6.85 Å². The summed E-state index contributed by atoms with van der Waals surface area (Å²) in [5.74, 6) is -0.253. The number of rotatable bonds is 3. The third-order valence-corrected chi connectivity index (χ3v) is 11.3. The van der Waals surface area contributed by atoms with Gasteiger partial charge in [0.2, 0.25) is 0 Å². The summed E-state index contributed by atoms with van der Waals surface area (Å²) in [6, 6.07) is 25.3. The molecule has 0 spiro atoms. The second kappa shape index (κ2) is 9.58. The zero-order valence-electron chi connectivity index (χ0n) is 35.4. The molecule has 3 aromatic heterocycles. The Bertz CT molecular complexity index is 3200. The van der Waals surface area contributed by atoms with Crippen molar-refractivity contribution in [3.05, 3.63) is 127 Å². The van der Waals surface area contributed by atoms with Gasteiger partial charge in [-0.1, -0.05) is 116 Å². The van der Waals surface area contributed by atoms with E-state index in [1.165, 1.54) is 0 Å². The highest BCUT2D eigenvalue weighted by Gasteiger charge is 2.40. The second-order valence-corrected chi connectivity index (χ2v) is 14.1. The summed E-state index contributed by atoms with van der Waals surface area (Å²) in [7, 11) is -4.73. The molecule has 0 N–H and O–H groups in total. The Labute approximate surface area is 286 Å². The molecule has 5 nitrogen and oxygen atoms in total. The van der Waals surface area contributed by atoms with E-state index in [-0.39, 0.29) is 44.6 Å². The number of benzene rings is 6. The molecule has 10 rings (SSSR count). The van der Waals surface area contributed by atoms with Crippen LogP contribution in [0.2, 0.25) is 13.0 Å². The third-order valence-electron chi connectivity index (χ3n) is 8.90. The van der Waals surface area contributed by atoms with Crippen molar-refractivity contribution < 1.29 is 23.9 Å². The maximum atomic E-state index is 8.97. The molecular formula is C41H27N3O2Si. The molecule has 0 saturated heterocycles. The summed E-state index contributed by atoms with van der Waals surface area (Å²) in [6.45, 7) is -5.92. The van der Waals surface area contributed by atoms with Crippen molar-refractivity contribution in [3.8, 4) is 45.3 Å². The number of furan rings is 2. The molecule has 6 heteroatoms. The molecule has 0 aliphatic carbocycles. The van der Waals surface area contributed by atoms with Crippen molar-refractivity contribution in [1.29, 1.82) is 0 Å². The number of aromatic nitrogens is 3. The summed E-state index contributed by atoms with van der Waals surface area (Å²) in [4.78, 5) is 14.6. The van der Waals surface area contributed by atoms with Crippen molar-refractivity contribution in [2.75, 3.05) is 0 Å². The van der Waals surface area contributed by atoms with Crippen LogP contribution in [-0.4, -0.2) is 23.0 Å². The summed E-state index contributed by atoms with van der Waals surface area (Å²) >= 11 is 0. The van der Waals surface area contributed by atoms with E-state index in [0.717, 1.165) is 5.39 Å². The molecule has 0 saturated carbocycles. The lowest BCUT2D eigenvalue weighted by molar-refractivity contribution is 0.669. The molecule has 9 aromatic rings. The van der Waals surface area contributed by atoms with Crippen molar-refractivity contribution in [3.63, 3.8) is 0 Å². The van der Waals surface area contributed by atoms with Crippen LogP contribution >= 0.6 is 0 Å². The number of nitrogens with zero attached hydrogens (tertiary/aromatic N) is 3. The Hall–Kier alpha value is -5.85. The average molecular weight is 633 g/mol. The fourth-order valence-electron chi connectivity index (χ4n) is 6.86. The van der Waals surface area contributed by atoms with Crippen molar-refractivity contribution in [1.82, 2.24) is 15.0 Å². The van der Waals surface area contributed by atoms with Crippen LogP contribution in [0.3, 0.4) is 0 Å². The molecule has 0 bridgehead atoms. The monoisotopic (exact) mass is 632 g/mol. The van der Waals surface area contributed by atoms with Crippen molar-refractivity contribution >= 4 is 62.3 Å². The Morgan fingerprint density at radius 2 is 1.21 bits per heavy atom. The van der Waals surface area contributed by atoms with Gasteiger partial charge in [-0.3, -0.25) is 0 Å². The zero-order chi connectivity index (χ0) is 40.6. The van der Waals surface area contributed by atoms with Crippen LogP contribution in [0.5, 0.6) is 0 Å². The molecule has 47 heavy (non-hydrogen) atoms. The first-order valence-corrected chi connectivity index (χ1v) is 17.0. The van der Waals surface area contributed by atoms with Gasteiger partial charge in [-0.15, -0.1) is 0 Å². The van der Waals surface area contributed by atoms with E-state index in [1.54, 1.807) is 60.7 Å². The minimum atomic E-state index is -4.73. The normalized spacial score (nSPS) is 17.4. The fraction of sp³-hybridized carbons (Fsp3) is 0.0488. The van der Waals surface area contributed by atoms with Crippen LogP contribution in [0.25, 0.3) is 89.2 Å². The van der Waals surface area contributed by atoms with Gasteiger partial charge in [0.1, 0.15) is 30.4 Å². The highest BCUT2D eigenvalue weighted by molar-refractivity contribution is 7.04. The number of hydrogen-bond acceptors (Lipinski definition) is 5. The van der Waals surface area contributed by atoms with Gasteiger partial charge in [0, 0.05) is 52.0 Å². The first-order valence-electron chi connectivity index (χ1n) is 20.5. The van der Waals surface area contributed by atoms with Gasteiger partial charge < -0.3 is 8.83 Å². The van der Waals surface area contributed by atoms with Crippen molar-refractivity contribution in [2.24, 2.45) is 0 Å². The van der Waals surface area contributed by atoms with Crippen LogP contribution in [0, 0.1) is 0 Å². The summed E-state index contributed by atoms with van der Waals surface area (Å²) in [6.07, 6.45) is 0.